The predicted molar refractivity (Wildman–Crippen MR) is 89.8 cm³/mol. The quantitative estimate of drug-likeness (QED) is 0.771. The van der Waals surface area contributed by atoms with Crippen LogP contribution < -0.4 is 10.1 Å². The maximum atomic E-state index is 5.30. The van der Waals surface area contributed by atoms with E-state index in [-0.39, 0.29) is 0 Å². The first-order valence-electron chi connectivity index (χ1n) is 6.83. The van der Waals surface area contributed by atoms with Gasteiger partial charge in [0.2, 0.25) is 0 Å². The van der Waals surface area contributed by atoms with Crippen LogP contribution in [-0.4, -0.2) is 13.7 Å². The van der Waals surface area contributed by atoms with Gasteiger partial charge in [0.05, 0.1) is 11.6 Å². The van der Waals surface area contributed by atoms with E-state index in [1.165, 1.54) is 10.4 Å². The van der Waals surface area contributed by atoms with Crippen LogP contribution in [0.5, 0.6) is 5.75 Å². The van der Waals surface area contributed by atoms with Gasteiger partial charge in [-0.2, -0.15) is 0 Å². The zero-order valence-corrected chi connectivity index (χ0v) is 14.3. The van der Waals surface area contributed by atoms with Crippen LogP contribution in [-0.2, 0) is 6.42 Å². The minimum atomic E-state index is 0.343. The second-order valence-electron chi connectivity index (χ2n) is 4.68. The molecule has 0 saturated heterocycles. The molecule has 20 heavy (non-hydrogen) atoms. The fraction of sp³-hybridized carbons (Fsp3) is 0.375. The molecule has 0 aliphatic carbocycles. The van der Waals surface area contributed by atoms with E-state index in [1.54, 1.807) is 7.11 Å². The molecule has 0 aliphatic heterocycles. The third-order valence-corrected chi connectivity index (χ3v) is 4.72. The Kier molecular flexibility index (Phi) is 6.07. The lowest BCUT2D eigenvalue weighted by Crippen LogP contribution is -2.23. The first kappa shape index (κ1) is 15.5. The van der Waals surface area contributed by atoms with Crippen molar-refractivity contribution in [1.82, 2.24) is 5.32 Å². The summed E-state index contributed by atoms with van der Waals surface area (Å²) in [5, 5.41) is 5.77. The molecule has 2 rings (SSSR count). The van der Waals surface area contributed by atoms with Gasteiger partial charge in [-0.3, -0.25) is 0 Å². The molecule has 1 N–H and O–H groups in total. The molecule has 2 nitrogen and oxygen atoms in total. The van der Waals surface area contributed by atoms with Gasteiger partial charge in [0.25, 0.3) is 0 Å². The molecule has 0 bridgehead atoms. The summed E-state index contributed by atoms with van der Waals surface area (Å²) in [6.45, 7) is 3.22. The van der Waals surface area contributed by atoms with Crippen LogP contribution in [0.1, 0.15) is 29.8 Å². The highest BCUT2D eigenvalue weighted by Gasteiger charge is 2.14. The van der Waals surface area contributed by atoms with Crippen molar-refractivity contribution < 1.29 is 4.74 Å². The first-order chi connectivity index (χ1) is 9.74. The largest absolute Gasteiger partial charge is 0.496 e. The van der Waals surface area contributed by atoms with Crippen LogP contribution in [0.2, 0.25) is 0 Å². The Morgan fingerprint density at radius 1 is 1.35 bits per heavy atom. The Balaban J connectivity index is 2.18. The highest BCUT2D eigenvalue weighted by atomic mass is 79.9. The molecule has 1 atom stereocenters. The molecule has 0 saturated carbocycles. The third kappa shape index (κ3) is 4.08. The van der Waals surface area contributed by atoms with Crippen molar-refractivity contribution >= 4 is 27.3 Å². The fourth-order valence-corrected chi connectivity index (χ4v) is 3.47. The maximum Gasteiger partial charge on any atom is 0.133 e. The van der Waals surface area contributed by atoms with Crippen molar-refractivity contribution in [2.45, 2.75) is 25.8 Å². The van der Waals surface area contributed by atoms with Gasteiger partial charge in [0.1, 0.15) is 5.75 Å². The summed E-state index contributed by atoms with van der Waals surface area (Å²) >= 11 is 5.39. The number of hydrogen-bond donors (Lipinski definition) is 1. The maximum absolute atomic E-state index is 5.30. The van der Waals surface area contributed by atoms with E-state index in [9.17, 15) is 0 Å². The second kappa shape index (κ2) is 7.81. The second-order valence-corrected chi connectivity index (χ2v) is 6.57. The van der Waals surface area contributed by atoms with Gasteiger partial charge in [0.15, 0.2) is 0 Å². The number of thiophene rings is 1. The molecule has 4 heteroatoms. The van der Waals surface area contributed by atoms with E-state index in [0.29, 0.717) is 6.04 Å². The lowest BCUT2D eigenvalue weighted by Gasteiger charge is -2.19. The fourth-order valence-electron chi connectivity index (χ4n) is 2.16. The molecule has 0 radical (unpaired) electrons. The molecule has 0 aliphatic rings. The summed E-state index contributed by atoms with van der Waals surface area (Å²) in [4.78, 5) is 1.41. The van der Waals surface area contributed by atoms with E-state index in [1.807, 2.05) is 17.4 Å². The molecule has 1 heterocycles. The average Bonchev–Trinajstić information content (AvgIpc) is 2.96. The molecule has 0 spiro atoms. The van der Waals surface area contributed by atoms with E-state index >= 15 is 0 Å². The number of nitrogens with one attached hydrogen (secondary N) is 1. The van der Waals surface area contributed by atoms with Gasteiger partial charge in [0, 0.05) is 17.3 Å². The average molecular weight is 354 g/mol. The normalized spacial score (nSPS) is 12.3. The molecular formula is C16H20BrNOS. The van der Waals surface area contributed by atoms with Gasteiger partial charge in [-0.15, -0.1) is 11.3 Å². The SMILES string of the molecule is CCCNC(Cc1cccs1)c1ccc(OC)c(Br)c1. The van der Waals surface area contributed by atoms with Gasteiger partial charge in [-0.25, -0.2) is 0 Å². The molecule has 2 aromatic rings. The van der Waals surface area contributed by atoms with Crippen molar-refractivity contribution in [3.63, 3.8) is 0 Å². The highest BCUT2D eigenvalue weighted by molar-refractivity contribution is 9.10. The van der Waals surface area contributed by atoms with Crippen LogP contribution >= 0.6 is 27.3 Å². The molecule has 0 amide bonds. The van der Waals surface area contributed by atoms with Gasteiger partial charge in [-0.1, -0.05) is 19.1 Å². The Bertz CT molecular complexity index is 527. The topological polar surface area (TPSA) is 21.3 Å². The Hall–Kier alpha value is -0.840. The Labute approximate surface area is 133 Å². The summed E-state index contributed by atoms with van der Waals surface area (Å²) in [5.74, 6) is 0.874. The van der Waals surface area contributed by atoms with E-state index in [0.717, 1.165) is 29.6 Å². The van der Waals surface area contributed by atoms with Crippen molar-refractivity contribution in [3.05, 3.63) is 50.6 Å². The number of ether oxygens (including phenoxy) is 1. The molecule has 108 valence electrons. The minimum Gasteiger partial charge on any atom is -0.496 e. The van der Waals surface area contributed by atoms with Crippen LogP contribution in [0.3, 0.4) is 0 Å². The van der Waals surface area contributed by atoms with Crippen molar-refractivity contribution in [1.29, 1.82) is 0 Å². The number of benzene rings is 1. The number of hydrogen-bond acceptors (Lipinski definition) is 3. The number of rotatable bonds is 7. The lowest BCUT2D eigenvalue weighted by atomic mass is 10.0. The van der Waals surface area contributed by atoms with E-state index in [4.69, 9.17) is 4.74 Å². The summed E-state index contributed by atoms with van der Waals surface area (Å²) in [6, 6.07) is 11.0. The lowest BCUT2D eigenvalue weighted by molar-refractivity contribution is 0.411. The highest BCUT2D eigenvalue weighted by Crippen LogP contribution is 2.30. The predicted octanol–water partition coefficient (Wildman–Crippen LogP) is 4.80. The third-order valence-electron chi connectivity index (χ3n) is 3.20. The first-order valence-corrected chi connectivity index (χ1v) is 8.51. The van der Waals surface area contributed by atoms with Crippen molar-refractivity contribution in [3.8, 4) is 5.75 Å². The van der Waals surface area contributed by atoms with Gasteiger partial charge < -0.3 is 10.1 Å². The standard InChI is InChI=1S/C16H20BrNOS/c1-3-8-18-15(11-13-5-4-9-20-13)12-6-7-16(19-2)14(17)10-12/h4-7,9-10,15,18H,3,8,11H2,1-2H3. The summed E-state index contributed by atoms with van der Waals surface area (Å²) in [6.07, 6.45) is 2.16. The molecule has 1 unspecified atom stereocenters. The van der Waals surface area contributed by atoms with Crippen LogP contribution in [0, 0.1) is 0 Å². The molecule has 1 aromatic carbocycles. The number of methoxy groups -OCH3 is 1. The van der Waals surface area contributed by atoms with Crippen LogP contribution in [0.25, 0.3) is 0 Å². The summed E-state index contributed by atoms with van der Waals surface area (Å²) in [5.41, 5.74) is 1.29. The minimum absolute atomic E-state index is 0.343. The molecule has 0 fully saturated rings. The van der Waals surface area contributed by atoms with Crippen molar-refractivity contribution in [2.24, 2.45) is 0 Å². The molecule has 1 aromatic heterocycles. The Morgan fingerprint density at radius 2 is 2.20 bits per heavy atom. The van der Waals surface area contributed by atoms with Crippen molar-refractivity contribution in [2.75, 3.05) is 13.7 Å². The van der Waals surface area contributed by atoms with Gasteiger partial charge in [-0.05, 0) is 58.0 Å². The van der Waals surface area contributed by atoms with Crippen LogP contribution in [0.15, 0.2) is 40.2 Å². The smallest absolute Gasteiger partial charge is 0.133 e. The van der Waals surface area contributed by atoms with Gasteiger partial charge >= 0.3 is 0 Å². The van der Waals surface area contributed by atoms with E-state index < -0.39 is 0 Å². The zero-order valence-electron chi connectivity index (χ0n) is 11.9. The zero-order chi connectivity index (χ0) is 14.4. The Morgan fingerprint density at radius 3 is 2.80 bits per heavy atom. The monoisotopic (exact) mass is 353 g/mol. The van der Waals surface area contributed by atoms with E-state index in [2.05, 4.69) is 57.8 Å². The molecular weight excluding hydrogens is 334 g/mol. The summed E-state index contributed by atoms with van der Waals surface area (Å²) < 4.78 is 6.31. The number of halogens is 1. The van der Waals surface area contributed by atoms with Crippen LogP contribution in [0.4, 0.5) is 0 Å². The summed E-state index contributed by atoms with van der Waals surface area (Å²) in [7, 11) is 1.69.